The van der Waals surface area contributed by atoms with Gasteiger partial charge in [0.1, 0.15) is 0 Å². The third-order valence-electron chi connectivity index (χ3n) is 6.37. The Balaban J connectivity index is 1.75. The summed E-state index contributed by atoms with van der Waals surface area (Å²) in [5, 5.41) is 22.1. The number of likely N-dealkylation sites (N-methyl/N-ethyl adjacent to an activating group) is 1. The summed E-state index contributed by atoms with van der Waals surface area (Å²) in [6.07, 6.45) is 0.482. The quantitative estimate of drug-likeness (QED) is 0.301. The second-order valence-corrected chi connectivity index (χ2v) is 7.40. The van der Waals surface area contributed by atoms with Crippen molar-refractivity contribution in [1.82, 2.24) is 15.1 Å². The number of aliphatic hydroxyl groups is 2. The summed E-state index contributed by atoms with van der Waals surface area (Å²) in [5.74, 6) is -1.01. The molecule has 4 rings (SSSR count). The highest BCUT2D eigenvalue weighted by Gasteiger charge is 2.74. The lowest BCUT2D eigenvalue weighted by Gasteiger charge is -2.40. The summed E-state index contributed by atoms with van der Waals surface area (Å²) < 4.78 is 5.91. The molecule has 2 saturated heterocycles. The Labute approximate surface area is 152 Å². The number of ketones is 2. The molecule has 0 aromatic heterocycles. The van der Waals surface area contributed by atoms with Crippen molar-refractivity contribution in [2.24, 2.45) is 5.92 Å². The molecule has 8 nitrogen and oxygen atoms in total. The van der Waals surface area contributed by atoms with Gasteiger partial charge in [-0.25, -0.2) is 0 Å². The van der Waals surface area contributed by atoms with Gasteiger partial charge in [-0.3, -0.25) is 14.5 Å². The molecule has 142 valence electrons. The van der Waals surface area contributed by atoms with E-state index in [0.717, 1.165) is 0 Å². The van der Waals surface area contributed by atoms with Crippen LogP contribution in [0.15, 0.2) is 22.5 Å². The van der Waals surface area contributed by atoms with Crippen molar-refractivity contribution < 1.29 is 24.5 Å². The normalized spacial score (nSPS) is 38.0. The SMILES string of the molecule is COC12C(CO)C3=C(C(=O)C(C)=C(NCCCO)C3=O)N1CC1C2N1C. The van der Waals surface area contributed by atoms with Crippen LogP contribution in [-0.2, 0) is 14.3 Å². The Morgan fingerprint density at radius 2 is 2.04 bits per heavy atom. The van der Waals surface area contributed by atoms with Gasteiger partial charge < -0.3 is 25.2 Å². The van der Waals surface area contributed by atoms with Gasteiger partial charge in [-0.2, -0.15) is 0 Å². The van der Waals surface area contributed by atoms with E-state index in [1.54, 1.807) is 14.0 Å². The Hall–Kier alpha value is -1.74. The second-order valence-electron chi connectivity index (χ2n) is 7.40. The number of methoxy groups -OCH3 is 1. The summed E-state index contributed by atoms with van der Waals surface area (Å²) in [4.78, 5) is 30.4. The lowest BCUT2D eigenvalue weighted by atomic mass is 9.82. The number of nitrogens with zero attached hydrogens (tertiary/aromatic N) is 2. The summed E-state index contributed by atoms with van der Waals surface area (Å²) >= 11 is 0. The van der Waals surface area contributed by atoms with E-state index in [0.29, 0.717) is 36.4 Å². The van der Waals surface area contributed by atoms with E-state index in [-0.39, 0.29) is 42.6 Å². The zero-order chi connectivity index (χ0) is 18.8. The number of carbonyl (C=O) groups is 2. The molecule has 4 aliphatic rings. The lowest BCUT2D eigenvalue weighted by Crippen LogP contribution is -2.55. The molecule has 0 aromatic rings. The van der Waals surface area contributed by atoms with Gasteiger partial charge in [-0.15, -0.1) is 0 Å². The van der Waals surface area contributed by atoms with Crippen LogP contribution in [0.3, 0.4) is 0 Å². The van der Waals surface area contributed by atoms with Crippen molar-refractivity contribution in [3.05, 3.63) is 22.5 Å². The zero-order valence-electron chi connectivity index (χ0n) is 15.3. The third kappa shape index (κ3) is 1.93. The number of piperazine rings is 1. The molecule has 5 unspecified atom stereocenters. The molecule has 3 heterocycles. The van der Waals surface area contributed by atoms with Crippen molar-refractivity contribution in [2.45, 2.75) is 31.2 Å². The van der Waals surface area contributed by atoms with Gasteiger partial charge in [0.2, 0.25) is 11.6 Å². The Bertz CT molecular complexity index is 745. The van der Waals surface area contributed by atoms with Gasteiger partial charge in [-0.05, 0) is 20.4 Å². The first-order valence-electron chi connectivity index (χ1n) is 9.00. The van der Waals surface area contributed by atoms with E-state index in [1.165, 1.54) is 0 Å². The molecule has 2 fully saturated rings. The molecule has 0 bridgehead atoms. The molecule has 8 heteroatoms. The minimum Gasteiger partial charge on any atom is -0.396 e. The van der Waals surface area contributed by atoms with Crippen LogP contribution in [0.25, 0.3) is 0 Å². The van der Waals surface area contributed by atoms with Crippen LogP contribution in [0.1, 0.15) is 13.3 Å². The zero-order valence-corrected chi connectivity index (χ0v) is 15.3. The molecule has 0 amide bonds. The van der Waals surface area contributed by atoms with Crippen LogP contribution >= 0.6 is 0 Å². The van der Waals surface area contributed by atoms with E-state index in [4.69, 9.17) is 9.84 Å². The van der Waals surface area contributed by atoms with E-state index < -0.39 is 11.6 Å². The number of allylic oxidation sites excluding steroid dienone is 2. The first-order valence-corrected chi connectivity index (χ1v) is 9.00. The van der Waals surface area contributed by atoms with Crippen LogP contribution < -0.4 is 5.32 Å². The number of hydrogen-bond acceptors (Lipinski definition) is 8. The number of nitrogens with one attached hydrogen (secondary N) is 1. The number of ether oxygens (including phenoxy) is 1. The van der Waals surface area contributed by atoms with Gasteiger partial charge in [0, 0.05) is 44.0 Å². The predicted molar refractivity (Wildman–Crippen MR) is 91.8 cm³/mol. The summed E-state index contributed by atoms with van der Waals surface area (Å²) in [5.41, 5.74) is 0.528. The Morgan fingerprint density at radius 3 is 2.65 bits per heavy atom. The lowest BCUT2D eigenvalue weighted by molar-refractivity contribution is -0.144. The maximum atomic E-state index is 13.2. The highest BCUT2D eigenvalue weighted by Crippen LogP contribution is 2.58. The Kier molecular flexibility index (Phi) is 4.00. The summed E-state index contributed by atoms with van der Waals surface area (Å²) in [6, 6.07) is 0.330. The van der Waals surface area contributed by atoms with Crippen molar-refractivity contribution in [1.29, 1.82) is 0 Å². The largest absolute Gasteiger partial charge is 0.396 e. The standard InChI is InChI=1S/C18H25N3O5/c1-9-13(19-5-4-6-22)16(25)12-10(8-23)18(26-3)17-11(20(17)2)7-21(18)14(12)15(9)24/h10-11,17,19,22-23H,4-8H2,1-3H3. The molecular weight excluding hydrogens is 338 g/mol. The van der Waals surface area contributed by atoms with Crippen molar-refractivity contribution in [2.75, 3.05) is 40.5 Å². The molecule has 0 radical (unpaired) electrons. The van der Waals surface area contributed by atoms with E-state index in [2.05, 4.69) is 10.2 Å². The van der Waals surface area contributed by atoms with Gasteiger partial charge in [0.25, 0.3) is 0 Å². The first kappa shape index (κ1) is 17.7. The van der Waals surface area contributed by atoms with Crippen molar-refractivity contribution in [3.63, 3.8) is 0 Å². The highest BCUT2D eigenvalue weighted by molar-refractivity contribution is 6.25. The monoisotopic (exact) mass is 363 g/mol. The molecule has 3 N–H and O–H groups in total. The molecule has 3 aliphatic heterocycles. The number of hydrogen-bond donors (Lipinski definition) is 3. The van der Waals surface area contributed by atoms with Crippen LogP contribution in [0, 0.1) is 5.92 Å². The average Bonchev–Trinajstić information content (AvgIpc) is 3.03. The third-order valence-corrected chi connectivity index (χ3v) is 6.37. The fourth-order valence-corrected chi connectivity index (χ4v) is 5.07. The number of rotatable bonds is 6. The molecular formula is C18H25N3O5. The van der Waals surface area contributed by atoms with E-state index >= 15 is 0 Å². The summed E-state index contributed by atoms with van der Waals surface area (Å²) in [6.45, 7) is 2.41. The number of aliphatic hydroxyl groups excluding tert-OH is 2. The number of carbonyl (C=O) groups excluding carboxylic acids is 2. The van der Waals surface area contributed by atoms with Gasteiger partial charge in [0.15, 0.2) is 5.72 Å². The smallest absolute Gasteiger partial charge is 0.208 e. The minimum atomic E-state index is -0.870. The number of Topliss-reactive ketones (excluding diaryl/α,β-unsaturated/α-hetero) is 2. The molecule has 26 heavy (non-hydrogen) atoms. The topological polar surface area (TPSA) is 102 Å². The van der Waals surface area contributed by atoms with Crippen molar-refractivity contribution in [3.8, 4) is 0 Å². The average molecular weight is 363 g/mol. The van der Waals surface area contributed by atoms with Crippen LogP contribution in [0.2, 0.25) is 0 Å². The first-order chi connectivity index (χ1) is 12.4. The van der Waals surface area contributed by atoms with E-state index in [1.807, 2.05) is 11.9 Å². The second kappa shape index (κ2) is 5.88. The highest BCUT2D eigenvalue weighted by atomic mass is 16.5. The van der Waals surface area contributed by atoms with Gasteiger partial charge in [-0.1, -0.05) is 0 Å². The molecule has 0 saturated carbocycles. The van der Waals surface area contributed by atoms with Crippen LogP contribution in [0.4, 0.5) is 0 Å². The molecule has 0 aromatic carbocycles. The van der Waals surface area contributed by atoms with Crippen LogP contribution in [0.5, 0.6) is 0 Å². The van der Waals surface area contributed by atoms with E-state index in [9.17, 15) is 14.7 Å². The fraction of sp³-hybridized carbons (Fsp3) is 0.667. The maximum Gasteiger partial charge on any atom is 0.208 e. The molecule has 5 atom stereocenters. The number of fused-ring (bicyclic) bond motifs is 4. The Morgan fingerprint density at radius 1 is 1.31 bits per heavy atom. The predicted octanol–water partition coefficient (Wildman–Crippen LogP) is -1.40. The van der Waals surface area contributed by atoms with Gasteiger partial charge >= 0.3 is 0 Å². The summed E-state index contributed by atoms with van der Waals surface area (Å²) in [7, 11) is 3.58. The molecule has 0 spiro atoms. The maximum absolute atomic E-state index is 13.2. The van der Waals surface area contributed by atoms with Crippen molar-refractivity contribution >= 4 is 11.6 Å². The minimum absolute atomic E-state index is 0.00461. The van der Waals surface area contributed by atoms with Gasteiger partial charge in [0.05, 0.1) is 30.0 Å². The fourth-order valence-electron chi connectivity index (χ4n) is 5.07. The van der Waals surface area contributed by atoms with Crippen LogP contribution in [-0.4, -0.2) is 89.8 Å². The molecule has 1 aliphatic carbocycles.